The van der Waals surface area contributed by atoms with Crippen LogP contribution >= 0.6 is 11.9 Å². The van der Waals surface area contributed by atoms with E-state index in [1.807, 2.05) is 18.1 Å². The van der Waals surface area contributed by atoms with Gasteiger partial charge in [0.05, 0.1) is 6.04 Å². The lowest BCUT2D eigenvalue weighted by atomic mass is 9.91. The number of hydrogen-bond donors (Lipinski definition) is 0. The summed E-state index contributed by atoms with van der Waals surface area (Å²) >= 11 is 1.88. The number of piperazine rings is 1. The van der Waals surface area contributed by atoms with E-state index in [4.69, 9.17) is 0 Å². The zero-order valence-corrected chi connectivity index (χ0v) is 16.6. The van der Waals surface area contributed by atoms with Crippen LogP contribution in [0.3, 0.4) is 0 Å². The summed E-state index contributed by atoms with van der Waals surface area (Å²) in [5.41, 5.74) is 5.43. The van der Waals surface area contributed by atoms with Crippen molar-refractivity contribution in [3.63, 3.8) is 0 Å². The maximum Gasteiger partial charge on any atom is 0.0582 e. The average molecular weight is 356 g/mol. The van der Waals surface area contributed by atoms with Gasteiger partial charge in [0.1, 0.15) is 0 Å². The normalized spacial score (nSPS) is 19.5. The quantitative estimate of drug-likeness (QED) is 0.727. The van der Waals surface area contributed by atoms with E-state index in [-0.39, 0.29) is 0 Å². The van der Waals surface area contributed by atoms with Gasteiger partial charge in [-0.15, -0.1) is 0 Å². The largest absolute Gasteiger partial charge is 0.296 e. The molecule has 2 aromatic rings. The molecule has 0 amide bonds. The standard InChI is InChI=1S/C21H29N3S/c1-16(2)19-7-5-6-8-20(19)21-15-23(11-12-24(21)25-4)14-18-9-10-22-17(3)13-18/h5-10,13,16,21H,11-12,14-15H2,1-4H3. The highest BCUT2D eigenvalue weighted by Gasteiger charge is 2.29. The van der Waals surface area contributed by atoms with Crippen molar-refractivity contribution >= 4 is 11.9 Å². The molecule has 3 rings (SSSR count). The summed E-state index contributed by atoms with van der Waals surface area (Å²) in [5.74, 6) is 0.554. The van der Waals surface area contributed by atoms with Crippen molar-refractivity contribution in [2.75, 3.05) is 25.9 Å². The Morgan fingerprint density at radius 3 is 2.72 bits per heavy atom. The molecule has 0 radical (unpaired) electrons. The number of benzene rings is 1. The summed E-state index contributed by atoms with van der Waals surface area (Å²) in [6.07, 6.45) is 4.13. The molecular formula is C21H29N3S. The molecule has 0 spiro atoms. The summed E-state index contributed by atoms with van der Waals surface area (Å²) in [6.45, 7) is 10.9. The molecule has 0 saturated carbocycles. The molecule has 1 aromatic carbocycles. The van der Waals surface area contributed by atoms with Crippen LogP contribution in [0.15, 0.2) is 42.6 Å². The smallest absolute Gasteiger partial charge is 0.0582 e. The zero-order valence-electron chi connectivity index (χ0n) is 15.8. The fraction of sp³-hybridized carbons (Fsp3) is 0.476. The summed E-state index contributed by atoms with van der Waals surface area (Å²) in [4.78, 5) is 6.91. The second-order valence-electron chi connectivity index (χ2n) is 7.16. The van der Waals surface area contributed by atoms with Crippen LogP contribution in [0.25, 0.3) is 0 Å². The molecule has 0 bridgehead atoms. The van der Waals surface area contributed by atoms with Crippen LogP contribution in [0.1, 0.15) is 48.2 Å². The Labute approximate surface area is 156 Å². The molecule has 134 valence electrons. The fourth-order valence-corrected chi connectivity index (χ4v) is 4.44. The summed E-state index contributed by atoms with van der Waals surface area (Å²) < 4.78 is 2.55. The van der Waals surface area contributed by atoms with E-state index in [0.717, 1.165) is 31.9 Å². The third-order valence-electron chi connectivity index (χ3n) is 4.99. The van der Waals surface area contributed by atoms with Gasteiger partial charge in [-0.3, -0.25) is 9.88 Å². The Morgan fingerprint density at radius 2 is 2.00 bits per heavy atom. The van der Waals surface area contributed by atoms with E-state index >= 15 is 0 Å². The molecule has 1 unspecified atom stereocenters. The van der Waals surface area contributed by atoms with Gasteiger partial charge in [-0.1, -0.05) is 50.1 Å². The van der Waals surface area contributed by atoms with Gasteiger partial charge in [0, 0.05) is 38.1 Å². The van der Waals surface area contributed by atoms with Crippen LogP contribution in [0.5, 0.6) is 0 Å². The first-order valence-corrected chi connectivity index (χ1v) is 10.3. The molecule has 1 atom stereocenters. The zero-order chi connectivity index (χ0) is 17.8. The van der Waals surface area contributed by atoms with E-state index in [1.54, 1.807) is 0 Å². The Kier molecular flexibility index (Phi) is 6.15. The molecule has 2 heterocycles. The van der Waals surface area contributed by atoms with Crippen LogP contribution in [-0.2, 0) is 6.54 Å². The first-order valence-electron chi connectivity index (χ1n) is 9.12. The van der Waals surface area contributed by atoms with Crippen LogP contribution in [-0.4, -0.2) is 40.1 Å². The third-order valence-corrected chi connectivity index (χ3v) is 5.90. The Hall–Kier alpha value is -1.36. The molecule has 0 N–H and O–H groups in total. The number of pyridine rings is 1. The highest BCUT2D eigenvalue weighted by Crippen LogP contribution is 2.34. The second-order valence-corrected chi connectivity index (χ2v) is 8.00. The van der Waals surface area contributed by atoms with Crippen molar-refractivity contribution in [2.24, 2.45) is 0 Å². The van der Waals surface area contributed by atoms with Crippen molar-refractivity contribution < 1.29 is 0 Å². The van der Waals surface area contributed by atoms with Crippen molar-refractivity contribution in [2.45, 2.75) is 39.3 Å². The van der Waals surface area contributed by atoms with Crippen molar-refractivity contribution in [1.29, 1.82) is 0 Å². The number of rotatable bonds is 5. The van der Waals surface area contributed by atoms with E-state index in [9.17, 15) is 0 Å². The minimum atomic E-state index is 0.449. The Bertz CT molecular complexity index is 701. The molecule has 1 aliphatic rings. The lowest BCUT2D eigenvalue weighted by molar-refractivity contribution is 0.137. The van der Waals surface area contributed by atoms with Gasteiger partial charge in [0.25, 0.3) is 0 Å². The van der Waals surface area contributed by atoms with Crippen molar-refractivity contribution in [1.82, 2.24) is 14.2 Å². The molecule has 0 aliphatic carbocycles. The highest BCUT2D eigenvalue weighted by molar-refractivity contribution is 7.96. The highest BCUT2D eigenvalue weighted by atomic mass is 32.2. The second kappa shape index (κ2) is 8.35. The van der Waals surface area contributed by atoms with Gasteiger partial charge in [0.2, 0.25) is 0 Å². The summed E-state index contributed by atoms with van der Waals surface area (Å²) in [5, 5.41) is 0. The molecule has 3 nitrogen and oxygen atoms in total. The molecule has 1 saturated heterocycles. The maximum atomic E-state index is 4.32. The average Bonchev–Trinajstić information content (AvgIpc) is 2.61. The molecular weight excluding hydrogens is 326 g/mol. The third kappa shape index (κ3) is 4.43. The minimum Gasteiger partial charge on any atom is -0.296 e. The lowest BCUT2D eigenvalue weighted by Crippen LogP contribution is -2.45. The molecule has 4 heteroatoms. The van der Waals surface area contributed by atoms with Gasteiger partial charge in [-0.2, -0.15) is 0 Å². The van der Waals surface area contributed by atoms with Gasteiger partial charge in [-0.25, -0.2) is 4.31 Å². The van der Waals surface area contributed by atoms with Gasteiger partial charge in [0.15, 0.2) is 0 Å². The van der Waals surface area contributed by atoms with E-state index in [0.29, 0.717) is 12.0 Å². The first kappa shape index (κ1) is 18.4. The maximum absolute atomic E-state index is 4.32. The predicted molar refractivity (Wildman–Crippen MR) is 108 cm³/mol. The molecule has 25 heavy (non-hydrogen) atoms. The van der Waals surface area contributed by atoms with Crippen LogP contribution in [0.2, 0.25) is 0 Å². The Morgan fingerprint density at radius 1 is 1.20 bits per heavy atom. The lowest BCUT2D eigenvalue weighted by Gasteiger charge is -2.41. The Balaban J connectivity index is 1.82. The van der Waals surface area contributed by atoms with E-state index < -0.39 is 0 Å². The van der Waals surface area contributed by atoms with Crippen molar-refractivity contribution in [3.05, 3.63) is 65.0 Å². The molecule has 1 aromatic heterocycles. The predicted octanol–water partition coefficient (Wildman–Crippen LogP) is 4.65. The van der Waals surface area contributed by atoms with Crippen LogP contribution in [0.4, 0.5) is 0 Å². The van der Waals surface area contributed by atoms with Gasteiger partial charge in [-0.05, 0) is 47.9 Å². The van der Waals surface area contributed by atoms with E-state index in [2.05, 4.69) is 77.6 Å². The molecule has 1 aliphatic heterocycles. The number of aromatic nitrogens is 1. The first-order chi connectivity index (χ1) is 12.1. The van der Waals surface area contributed by atoms with Gasteiger partial charge < -0.3 is 0 Å². The van der Waals surface area contributed by atoms with Crippen LogP contribution < -0.4 is 0 Å². The number of nitrogens with zero attached hydrogens (tertiary/aromatic N) is 3. The van der Waals surface area contributed by atoms with Gasteiger partial charge >= 0.3 is 0 Å². The van der Waals surface area contributed by atoms with Crippen LogP contribution in [0, 0.1) is 6.92 Å². The summed E-state index contributed by atoms with van der Waals surface area (Å²) in [7, 11) is 0. The molecule has 1 fully saturated rings. The SMILES string of the molecule is CSN1CCN(Cc2ccnc(C)c2)CC1c1ccccc1C(C)C. The van der Waals surface area contributed by atoms with Crippen molar-refractivity contribution in [3.8, 4) is 0 Å². The minimum absolute atomic E-state index is 0.449. The topological polar surface area (TPSA) is 19.4 Å². The number of aryl methyl sites for hydroxylation is 1. The van der Waals surface area contributed by atoms with E-state index in [1.165, 1.54) is 16.7 Å². The number of hydrogen-bond acceptors (Lipinski definition) is 4. The fourth-order valence-electron chi connectivity index (χ4n) is 3.74. The summed E-state index contributed by atoms with van der Waals surface area (Å²) in [6, 6.07) is 13.8. The monoisotopic (exact) mass is 355 g/mol.